The number of carbonyl (C=O) groups is 1. The van der Waals surface area contributed by atoms with Gasteiger partial charge in [-0.2, -0.15) is 5.10 Å². The van der Waals surface area contributed by atoms with E-state index >= 15 is 0 Å². The molecule has 0 aliphatic heterocycles. The second-order valence-electron chi connectivity index (χ2n) is 6.45. The molecule has 2 aromatic carbocycles. The van der Waals surface area contributed by atoms with Crippen LogP contribution < -0.4 is 15.6 Å². The fourth-order valence-corrected chi connectivity index (χ4v) is 2.56. The quantitative estimate of drug-likeness (QED) is 0.276. The number of nitrogens with two attached hydrogens (primary N) is 1. The molecule has 30 heavy (non-hydrogen) atoms. The average Bonchev–Trinajstić information content (AvgIpc) is 2.79. The Bertz CT molecular complexity index is 916. The predicted molar refractivity (Wildman–Crippen MR) is 123 cm³/mol. The Morgan fingerprint density at radius 3 is 2.50 bits per heavy atom. The van der Waals surface area contributed by atoms with Gasteiger partial charge in [0.05, 0.1) is 26.0 Å². The Balaban J connectivity index is 2.09. The van der Waals surface area contributed by atoms with Crippen LogP contribution in [0.4, 0.5) is 11.4 Å². The van der Waals surface area contributed by atoms with E-state index in [9.17, 15) is 4.79 Å². The fraction of sp³-hybridized carbons (Fsp3) is 0.167. The van der Waals surface area contributed by atoms with Crippen molar-refractivity contribution in [3.05, 3.63) is 96.7 Å². The number of methoxy groups -OCH3 is 1. The first kappa shape index (κ1) is 22.6. The van der Waals surface area contributed by atoms with Crippen molar-refractivity contribution in [2.45, 2.75) is 6.54 Å². The molecule has 0 saturated carbocycles. The van der Waals surface area contributed by atoms with Crippen molar-refractivity contribution in [1.82, 2.24) is 0 Å². The SMILES string of the molecule is C=C(/C=C\C=C/[NH2+]C)/C(=N/N(C)c1ccc(NCc2ccccc2)cc1)C(=O)OC. The second kappa shape index (κ2) is 12.0. The molecule has 6 nitrogen and oxygen atoms in total. The van der Waals surface area contributed by atoms with Crippen LogP contribution in [0.25, 0.3) is 0 Å². The smallest absolute Gasteiger partial charge is 0.359 e. The van der Waals surface area contributed by atoms with Gasteiger partial charge in [-0.05, 0) is 35.9 Å². The van der Waals surface area contributed by atoms with Gasteiger partial charge in [-0.15, -0.1) is 0 Å². The summed E-state index contributed by atoms with van der Waals surface area (Å²) in [5.74, 6) is -0.538. The van der Waals surface area contributed by atoms with E-state index in [1.807, 2.05) is 67.1 Å². The van der Waals surface area contributed by atoms with E-state index < -0.39 is 5.97 Å². The number of rotatable bonds is 10. The Morgan fingerprint density at radius 2 is 1.87 bits per heavy atom. The first-order chi connectivity index (χ1) is 14.5. The summed E-state index contributed by atoms with van der Waals surface area (Å²) in [5.41, 5.74) is 3.66. The lowest BCUT2D eigenvalue weighted by Crippen LogP contribution is -2.72. The molecule has 156 valence electrons. The number of nitrogens with zero attached hydrogens (tertiary/aromatic N) is 2. The number of hydrogen-bond donors (Lipinski definition) is 2. The highest BCUT2D eigenvalue weighted by molar-refractivity contribution is 6.44. The van der Waals surface area contributed by atoms with Gasteiger partial charge in [0.25, 0.3) is 0 Å². The van der Waals surface area contributed by atoms with Crippen LogP contribution in [-0.4, -0.2) is 32.9 Å². The van der Waals surface area contributed by atoms with E-state index in [1.165, 1.54) is 12.7 Å². The lowest BCUT2D eigenvalue weighted by molar-refractivity contribution is -0.556. The van der Waals surface area contributed by atoms with Crippen molar-refractivity contribution in [3.63, 3.8) is 0 Å². The van der Waals surface area contributed by atoms with E-state index in [1.54, 1.807) is 24.2 Å². The molecule has 0 aliphatic rings. The maximum atomic E-state index is 12.2. The number of ether oxygens (including phenoxy) is 1. The third-order valence-corrected chi connectivity index (χ3v) is 4.23. The monoisotopic (exact) mass is 405 g/mol. The van der Waals surface area contributed by atoms with Crippen LogP contribution in [0.15, 0.2) is 96.3 Å². The van der Waals surface area contributed by atoms with E-state index in [4.69, 9.17) is 4.74 Å². The van der Waals surface area contributed by atoms with Gasteiger partial charge in [0.1, 0.15) is 0 Å². The van der Waals surface area contributed by atoms with Crippen LogP contribution in [0, 0.1) is 0 Å². The third-order valence-electron chi connectivity index (χ3n) is 4.23. The van der Waals surface area contributed by atoms with Gasteiger partial charge in [-0.1, -0.05) is 49.1 Å². The second-order valence-corrected chi connectivity index (χ2v) is 6.45. The van der Waals surface area contributed by atoms with Crippen LogP contribution in [0.2, 0.25) is 0 Å². The van der Waals surface area contributed by atoms with Crippen molar-refractivity contribution in [2.75, 3.05) is 31.5 Å². The summed E-state index contributed by atoms with van der Waals surface area (Å²) in [6.07, 6.45) is 7.26. The molecule has 2 aromatic rings. The highest BCUT2D eigenvalue weighted by Crippen LogP contribution is 2.18. The van der Waals surface area contributed by atoms with Crippen molar-refractivity contribution in [2.24, 2.45) is 5.10 Å². The molecule has 0 unspecified atom stereocenters. The van der Waals surface area contributed by atoms with Gasteiger partial charge in [0, 0.05) is 24.9 Å². The summed E-state index contributed by atoms with van der Waals surface area (Å²) in [7, 11) is 5.03. The number of nitrogens with one attached hydrogen (secondary N) is 1. The van der Waals surface area contributed by atoms with Gasteiger partial charge in [-0.3, -0.25) is 5.01 Å². The summed E-state index contributed by atoms with van der Waals surface area (Å²) in [6, 6.07) is 18.0. The maximum absolute atomic E-state index is 12.2. The number of allylic oxidation sites excluding steroid dienone is 3. The summed E-state index contributed by atoms with van der Waals surface area (Å²) >= 11 is 0. The number of esters is 1. The Kier molecular flexibility index (Phi) is 9.09. The van der Waals surface area contributed by atoms with Crippen molar-refractivity contribution >= 4 is 23.1 Å². The summed E-state index contributed by atoms with van der Waals surface area (Å²) < 4.78 is 4.87. The molecule has 0 aliphatic carbocycles. The first-order valence-electron chi connectivity index (χ1n) is 9.65. The Hall–Kier alpha value is -3.64. The third kappa shape index (κ3) is 7.07. The molecule has 0 aromatic heterocycles. The van der Waals surface area contributed by atoms with E-state index in [0.29, 0.717) is 5.57 Å². The number of benzene rings is 2. The van der Waals surface area contributed by atoms with Crippen molar-refractivity contribution < 1.29 is 14.8 Å². The topological polar surface area (TPSA) is 70.5 Å². The lowest BCUT2D eigenvalue weighted by Gasteiger charge is -2.16. The van der Waals surface area contributed by atoms with Crippen molar-refractivity contribution in [3.8, 4) is 0 Å². The van der Waals surface area contributed by atoms with Crippen molar-refractivity contribution in [1.29, 1.82) is 0 Å². The number of hydrazone groups is 1. The largest absolute Gasteiger partial charge is 0.464 e. The van der Waals surface area contributed by atoms with Crippen LogP contribution >= 0.6 is 0 Å². The summed E-state index contributed by atoms with van der Waals surface area (Å²) in [4.78, 5) is 12.2. The highest BCUT2D eigenvalue weighted by atomic mass is 16.5. The normalized spacial score (nSPS) is 11.6. The minimum atomic E-state index is -0.538. The minimum Gasteiger partial charge on any atom is -0.464 e. The standard InChI is InChI=1S/C24H28N4O2/c1-19(10-8-9-17-25-2)23(24(29)30-4)27-28(3)22-15-13-21(14-16-22)26-18-20-11-6-5-7-12-20/h5-17,25-26H,1,18H2,2-4H3/p+1/b10-8-,17-9-,27-23-. The predicted octanol–water partition coefficient (Wildman–Crippen LogP) is 3.08. The molecular formula is C24H29N4O2+. The van der Waals surface area contributed by atoms with Crippen LogP contribution in [0.5, 0.6) is 0 Å². The molecule has 0 amide bonds. The maximum Gasteiger partial charge on any atom is 0.359 e. The van der Waals surface area contributed by atoms with E-state index in [2.05, 4.69) is 29.1 Å². The van der Waals surface area contributed by atoms with Crippen LogP contribution in [0.3, 0.4) is 0 Å². The number of hydrogen-bond acceptors (Lipinski definition) is 5. The van der Waals surface area contributed by atoms with Crippen LogP contribution in [-0.2, 0) is 16.1 Å². The Morgan fingerprint density at radius 1 is 1.17 bits per heavy atom. The van der Waals surface area contributed by atoms with Gasteiger partial charge in [-0.25, -0.2) is 4.79 Å². The molecular weight excluding hydrogens is 376 g/mol. The molecule has 0 fully saturated rings. The average molecular weight is 406 g/mol. The van der Waals surface area contributed by atoms with E-state index in [0.717, 1.165) is 17.9 Å². The molecule has 0 bridgehead atoms. The number of carbonyl (C=O) groups excluding carboxylic acids is 1. The molecule has 2 rings (SSSR count). The zero-order valence-corrected chi connectivity index (χ0v) is 17.7. The summed E-state index contributed by atoms with van der Waals surface area (Å²) in [5, 5.41) is 11.3. The lowest BCUT2D eigenvalue weighted by atomic mass is 10.1. The molecule has 6 heteroatoms. The highest BCUT2D eigenvalue weighted by Gasteiger charge is 2.15. The number of anilines is 2. The van der Waals surface area contributed by atoms with Gasteiger partial charge < -0.3 is 15.4 Å². The van der Waals surface area contributed by atoms with Gasteiger partial charge >= 0.3 is 5.97 Å². The fourth-order valence-electron chi connectivity index (χ4n) is 2.56. The molecule has 0 radical (unpaired) electrons. The zero-order chi connectivity index (χ0) is 21.8. The van der Waals surface area contributed by atoms with Gasteiger partial charge in [0.2, 0.25) is 0 Å². The zero-order valence-electron chi connectivity index (χ0n) is 17.7. The van der Waals surface area contributed by atoms with Crippen LogP contribution in [0.1, 0.15) is 5.56 Å². The molecule has 0 atom stereocenters. The molecule has 0 heterocycles. The van der Waals surface area contributed by atoms with Gasteiger partial charge in [0.15, 0.2) is 5.71 Å². The molecule has 0 spiro atoms. The number of quaternary nitrogens is 1. The molecule has 3 N–H and O–H groups in total. The Labute approximate surface area is 178 Å². The molecule has 0 saturated heterocycles. The van der Waals surface area contributed by atoms with E-state index in [-0.39, 0.29) is 5.71 Å². The first-order valence-corrected chi connectivity index (χ1v) is 9.65. The minimum absolute atomic E-state index is 0.149. The summed E-state index contributed by atoms with van der Waals surface area (Å²) in [6.45, 7) is 4.68.